The number of carbonyl (C=O) groups excluding carboxylic acids is 1. The van der Waals surface area contributed by atoms with Crippen molar-refractivity contribution < 1.29 is 14.0 Å². The minimum Gasteiger partial charge on any atom is -0.413 e. The largest absolute Gasteiger partial charge is 0.413 e. The summed E-state index contributed by atoms with van der Waals surface area (Å²) in [6.45, 7) is 13.0. The van der Waals surface area contributed by atoms with Crippen LogP contribution in [0.25, 0.3) is 0 Å². The lowest BCUT2D eigenvalue weighted by molar-refractivity contribution is -0.126. The third-order valence-electron chi connectivity index (χ3n) is 6.74. The second kappa shape index (κ2) is 9.29. The van der Waals surface area contributed by atoms with Crippen LogP contribution in [0.2, 0.25) is 18.1 Å². The molecule has 174 valence electrons. The number of aromatic amines is 1. The number of nitrogens with zero attached hydrogens (tertiary/aromatic N) is 1. The molecular formula is C24H34N2O5Si. The average molecular weight is 459 g/mol. The van der Waals surface area contributed by atoms with Crippen LogP contribution in [0.15, 0.2) is 46.1 Å². The molecule has 7 nitrogen and oxygen atoms in total. The van der Waals surface area contributed by atoms with Crippen molar-refractivity contribution in [3.8, 4) is 0 Å². The van der Waals surface area contributed by atoms with Gasteiger partial charge in [-0.15, -0.1) is 0 Å². The zero-order valence-corrected chi connectivity index (χ0v) is 20.8. The molecule has 1 fully saturated rings. The fraction of sp³-hybridized carbons (Fsp3) is 0.542. The van der Waals surface area contributed by atoms with E-state index in [1.54, 1.807) is 6.92 Å². The van der Waals surface area contributed by atoms with Gasteiger partial charge in [-0.2, -0.15) is 0 Å². The molecule has 1 heterocycles. The van der Waals surface area contributed by atoms with Crippen LogP contribution >= 0.6 is 0 Å². The second-order valence-electron chi connectivity index (χ2n) is 10.2. The Morgan fingerprint density at radius 3 is 2.41 bits per heavy atom. The van der Waals surface area contributed by atoms with Crippen molar-refractivity contribution in [2.45, 2.75) is 71.0 Å². The van der Waals surface area contributed by atoms with E-state index in [0.717, 1.165) is 5.56 Å². The maximum absolute atomic E-state index is 13.4. The molecule has 3 rings (SSSR count). The number of ether oxygens (including phenoxy) is 1. The van der Waals surface area contributed by atoms with Gasteiger partial charge in [-0.05, 0) is 30.6 Å². The first-order chi connectivity index (χ1) is 14.9. The molecule has 0 spiro atoms. The Bertz CT molecular complexity index is 1070. The first kappa shape index (κ1) is 24.4. The number of ketones is 1. The van der Waals surface area contributed by atoms with Crippen LogP contribution < -0.4 is 11.2 Å². The number of benzene rings is 1. The molecule has 2 aromatic rings. The number of aromatic nitrogens is 2. The quantitative estimate of drug-likeness (QED) is 0.641. The summed E-state index contributed by atoms with van der Waals surface area (Å²) in [5.41, 5.74) is 0.413. The van der Waals surface area contributed by atoms with Crippen molar-refractivity contribution in [3.63, 3.8) is 0 Å². The van der Waals surface area contributed by atoms with Crippen molar-refractivity contribution in [3.05, 3.63) is 68.5 Å². The first-order valence-corrected chi connectivity index (χ1v) is 14.0. The van der Waals surface area contributed by atoms with Gasteiger partial charge in [-0.1, -0.05) is 51.1 Å². The van der Waals surface area contributed by atoms with Crippen LogP contribution in [0.1, 0.15) is 44.4 Å². The minimum absolute atomic E-state index is 0.0189. The van der Waals surface area contributed by atoms with Crippen molar-refractivity contribution in [2.24, 2.45) is 5.92 Å². The van der Waals surface area contributed by atoms with E-state index in [4.69, 9.17) is 9.16 Å². The summed E-state index contributed by atoms with van der Waals surface area (Å²) in [7, 11) is -2.16. The molecule has 0 bridgehead atoms. The fourth-order valence-electron chi connectivity index (χ4n) is 3.75. The summed E-state index contributed by atoms with van der Waals surface area (Å²) in [5, 5.41) is -0.0189. The highest BCUT2D eigenvalue weighted by molar-refractivity contribution is 6.74. The van der Waals surface area contributed by atoms with Crippen molar-refractivity contribution in [1.82, 2.24) is 9.55 Å². The molecule has 3 atom stereocenters. The van der Waals surface area contributed by atoms with Gasteiger partial charge in [0.05, 0.1) is 31.3 Å². The minimum atomic E-state index is -2.16. The molecule has 0 saturated heterocycles. The molecule has 1 N–H and O–H groups in total. The Kier molecular flexibility index (Phi) is 7.07. The zero-order chi connectivity index (χ0) is 23.7. The fourth-order valence-corrected chi connectivity index (χ4v) is 5.12. The van der Waals surface area contributed by atoms with Crippen LogP contribution in [0.5, 0.6) is 0 Å². The SMILES string of the molecule is Cc1cn([C@H]2C[C@H](O[Si](C)(C)C(C)(C)C)[C@@H](COCc3ccccc3)C2=O)c(=O)[nH]c1=O. The first-order valence-electron chi connectivity index (χ1n) is 11.1. The summed E-state index contributed by atoms with van der Waals surface area (Å²) in [5.74, 6) is -0.563. The summed E-state index contributed by atoms with van der Waals surface area (Å²) in [6, 6.07) is 9.12. The van der Waals surface area contributed by atoms with Gasteiger partial charge >= 0.3 is 5.69 Å². The smallest absolute Gasteiger partial charge is 0.329 e. The molecule has 1 saturated carbocycles. The van der Waals surface area contributed by atoms with Gasteiger partial charge in [-0.3, -0.25) is 19.1 Å². The Balaban J connectivity index is 1.86. The number of Topliss-reactive ketones (excluding diaryl/α,β-unsaturated/α-hetero) is 1. The van der Waals surface area contributed by atoms with E-state index in [-0.39, 0.29) is 23.5 Å². The Morgan fingerprint density at radius 2 is 1.78 bits per heavy atom. The van der Waals surface area contributed by atoms with Crippen molar-refractivity contribution in [2.75, 3.05) is 6.61 Å². The van der Waals surface area contributed by atoms with Gasteiger partial charge in [0, 0.05) is 18.2 Å². The second-order valence-corrected chi connectivity index (χ2v) is 14.9. The Morgan fingerprint density at radius 1 is 1.12 bits per heavy atom. The number of rotatable bonds is 7. The van der Waals surface area contributed by atoms with Crippen molar-refractivity contribution in [1.29, 1.82) is 0 Å². The number of H-pyrrole nitrogens is 1. The lowest BCUT2D eigenvalue weighted by Gasteiger charge is -2.39. The number of hydrogen-bond donors (Lipinski definition) is 1. The molecule has 1 aromatic heterocycles. The van der Waals surface area contributed by atoms with Crippen LogP contribution in [-0.2, 0) is 20.6 Å². The molecule has 1 aliphatic carbocycles. The summed E-state index contributed by atoms with van der Waals surface area (Å²) < 4.78 is 13.9. The van der Waals surface area contributed by atoms with Gasteiger partial charge in [0.15, 0.2) is 14.1 Å². The lowest BCUT2D eigenvalue weighted by Crippen LogP contribution is -2.45. The lowest BCUT2D eigenvalue weighted by atomic mass is 10.1. The van der Waals surface area contributed by atoms with E-state index in [0.29, 0.717) is 18.6 Å². The molecule has 32 heavy (non-hydrogen) atoms. The summed E-state index contributed by atoms with van der Waals surface area (Å²) in [4.78, 5) is 40.0. The van der Waals surface area contributed by atoms with E-state index in [2.05, 4.69) is 38.8 Å². The van der Waals surface area contributed by atoms with E-state index in [9.17, 15) is 14.4 Å². The normalized spacial score (nSPS) is 21.8. The Labute approximate surface area is 189 Å². The van der Waals surface area contributed by atoms with E-state index < -0.39 is 31.5 Å². The van der Waals surface area contributed by atoms with Crippen LogP contribution in [0.3, 0.4) is 0 Å². The number of aryl methyl sites for hydroxylation is 1. The van der Waals surface area contributed by atoms with Crippen molar-refractivity contribution >= 4 is 14.1 Å². The summed E-state index contributed by atoms with van der Waals surface area (Å²) in [6.07, 6.45) is 1.51. The molecule has 1 aromatic carbocycles. The molecule has 0 amide bonds. The molecule has 0 radical (unpaired) electrons. The highest BCUT2D eigenvalue weighted by atomic mass is 28.4. The van der Waals surface area contributed by atoms with E-state index >= 15 is 0 Å². The molecule has 0 aliphatic heterocycles. The number of carbonyl (C=O) groups is 1. The van der Waals surface area contributed by atoms with Crippen LogP contribution in [0.4, 0.5) is 0 Å². The molecule has 8 heteroatoms. The topological polar surface area (TPSA) is 90.4 Å². The van der Waals surface area contributed by atoms with E-state index in [1.165, 1.54) is 10.8 Å². The van der Waals surface area contributed by atoms with Gasteiger partial charge in [0.1, 0.15) is 0 Å². The third kappa shape index (κ3) is 5.19. The highest BCUT2D eigenvalue weighted by Gasteiger charge is 2.48. The summed E-state index contributed by atoms with van der Waals surface area (Å²) >= 11 is 0. The van der Waals surface area contributed by atoms with Gasteiger partial charge in [-0.25, -0.2) is 4.79 Å². The number of hydrogen-bond acceptors (Lipinski definition) is 5. The molecular weight excluding hydrogens is 424 g/mol. The van der Waals surface area contributed by atoms with E-state index in [1.807, 2.05) is 30.3 Å². The Hall–Kier alpha value is -2.29. The van der Waals surface area contributed by atoms with Gasteiger partial charge in [0.2, 0.25) is 0 Å². The zero-order valence-electron chi connectivity index (χ0n) is 19.8. The predicted molar refractivity (Wildman–Crippen MR) is 126 cm³/mol. The van der Waals surface area contributed by atoms with Crippen LogP contribution in [-0.4, -0.2) is 36.4 Å². The maximum atomic E-state index is 13.4. The van der Waals surface area contributed by atoms with Gasteiger partial charge in [0.25, 0.3) is 5.56 Å². The average Bonchev–Trinajstić information content (AvgIpc) is 2.99. The van der Waals surface area contributed by atoms with Gasteiger partial charge < -0.3 is 9.16 Å². The maximum Gasteiger partial charge on any atom is 0.329 e. The monoisotopic (exact) mass is 458 g/mol. The third-order valence-corrected chi connectivity index (χ3v) is 11.2. The highest BCUT2D eigenvalue weighted by Crippen LogP contribution is 2.42. The standard InChI is InChI=1S/C24H34N2O5Si/c1-16-13-26(23(29)25-22(16)28)19-12-20(31-32(5,6)24(2,3)4)18(21(19)27)15-30-14-17-10-8-7-9-11-17/h7-11,13,18-20H,12,14-15H2,1-6H3,(H,25,28,29)/t18-,19+,20+/m1/s1. The number of nitrogens with one attached hydrogen (secondary N) is 1. The molecule has 1 aliphatic rings. The van der Waals surface area contributed by atoms with Crippen LogP contribution in [0, 0.1) is 12.8 Å². The molecule has 0 unspecified atom stereocenters. The predicted octanol–water partition coefficient (Wildman–Crippen LogP) is 3.58.